The Morgan fingerprint density at radius 3 is 2.94 bits per heavy atom. The topological polar surface area (TPSA) is 65.4 Å². The summed E-state index contributed by atoms with van der Waals surface area (Å²) < 4.78 is 11.7. The first kappa shape index (κ1) is 14.7. The lowest BCUT2D eigenvalue weighted by Gasteiger charge is -2.13. The van der Waals surface area contributed by atoms with E-state index in [2.05, 4.69) is 10.4 Å². The van der Waals surface area contributed by atoms with E-state index in [1.54, 1.807) is 25.8 Å². The van der Waals surface area contributed by atoms with Gasteiger partial charge >= 0.3 is 5.97 Å². The Balaban J connectivity index is 2.69. The highest BCUT2D eigenvalue weighted by molar-refractivity contribution is 5.90. The summed E-state index contributed by atoms with van der Waals surface area (Å²) in [6.45, 7) is 5.33. The number of carbonyl (C=O) groups is 1. The van der Waals surface area contributed by atoms with E-state index >= 15 is 0 Å². The molecule has 6 heteroatoms. The van der Waals surface area contributed by atoms with Gasteiger partial charge in [-0.3, -0.25) is 4.68 Å². The van der Waals surface area contributed by atoms with Crippen molar-refractivity contribution in [2.24, 2.45) is 7.05 Å². The van der Waals surface area contributed by atoms with Crippen molar-refractivity contribution in [3.8, 4) is 0 Å². The molecule has 0 aliphatic rings. The molecule has 0 aromatic carbocycles. The minimum absolute atomic E-state index is 0.208. The lowest BCUT2D eigenvalue weighted by Crippen LogP contribution is -2.31. The Morgan fingerprint density at radius 2 is 2.33 bits per heavy atom. The molecule has 1 unspecified atom stereocenters. The monoisotopic (exact) mass is 255 g/mol. The molecule has 1 atom stereocenters. The van der Waals surface area contributed by atoms with Gasteiger partial charge in [-0.2, -0.15) is 5.10 Å². The van der Waals surface area contributed by atoms with Crippen LogP contribution in [0.2, 0.25) is 0 Å². The fourth-order valence-electron chi connectivity index (χ4n) is 1.63. The zero-order chi connectivity index (χ0) is 13.5. The van der Waals surface area contributed by atoms with E-state index < -0.39 is 0 Å². The van der Waals surface area contributed by atoms with E-state index in [1.165, 1.54) is 6.20 Å². The quantitative estimate of drug-likeness (QED) is 0.727. The molecular weight excluding hydrogens is 234 g/mol. The molecule has 0 spiro atoms. The molecule has 0 saturated heterocycles. The van der Waals surface area contributed by atoms with Crippen LogP contribution in [0.5, 0.6) is 0 Å². The van der Waals surface area contributed by atoms with Crippen LogP contribution in [0.1, 0.15) is 29.9 Å². The molecule has 1 N–H and O–H groups in total. The van der Waals surface area contributed by atoms with Gasteiger partial charge in [0.25, 0.3) is 0 Å². The number of hydrogen-bond acceptors (Lipinski definition) is 5. The maximum atomic E-state index is 11.7. The maximum absolute atomic E-state index is 11.7. The first-order valence-corrected chi connectivity index (χ1v) is 6.00. The molecule has 6 nitrogen and oxygen atoms in total. The van der Waals surface area contributed by atoms with Gasteiger partial charge in [-0.05, 0) is 13.8 Å². The molecule has 18 heavy (non-hydrogen) atoms. The lowest BCUT2D eigenvalue weighted by molar-refractivity contribution is 0.0524. The molecular formula is C12H21N3O3. The Labute approximate surface area is 107 Å². The van der Waals surface area contributed by atoms with Gasteiger partial charge in [-0.25, -0.2) is 4.79 Å². The fourth-order valence-corrected chi connectivity index (χ4v) is 1.63. The summed E-state index contributed by atoms with van der Waals surface area (Å²) >= 11 is 0. The second-order valence-corrected chi connectivity index (χ2v) is 4.09. The number of esters is 1. The van der Waals surface area contributed by atoms with Gasteiger partial charge in [-0.15, -0.1) is 0 Å². The summed E-state index contributed by atoms with van der Waals surface area (Å²) in [5.74, 6) is -0.332. The van der Waals surface area contributed by atoms with E-state index in [0.717, 1.165) is 5.69 Å². The SMILES string of the molecule is CCOC(=O)c1cnn(C)c1CNC(C)COC. The van der Waals surface area contributed by atoms with Crippen LogP contribution in [0.3, 0.4) is 0 Å². The summed E-state index contributed by atoms with van der Waals surface area (Å²) in [7, 11) is 3.47. The van der Waals surface area contributed by atoms with Gasteiger partial charge in [-0.1, -0.05) is 0 Å². The van der Waals surface area contributed by atoms with Gasteiger partial charge in [0.15, 0.2) is 0 Å². The molecule has 0 bridgehead atoms. The first-order chi connectivity index (χ1) is 8.60. The predicted octanol–water partition coefficient (Wildman–Crippen LogP) is 0.721. The van der Waals surface area contributed by atoms with E-state index in [1.807, 2.05) is 6.92 Å². The third kappa shape index (κ3) is 3.82. The molecule has 0 aliphatic heterocycles. The largest absolute Gasteiger partial charge is 0.462 e. The fraction of sp³-hybridized carbons (Fsp3) is 0.667. The van der Waals surface area contributed by atoms with Crippen LogP contribution in [-0.4, -0.2) is 42.1 Å². The van der Waals surface area contributed by atoms with Crippen LogP contribution in [0, 0.1) is 0 Å². The Bertz CT molecular complexity index is 390. The molecule has 0 amide bonds. The maximum Gasteiger partial charge on any atom is 0.341 e. The summed E-state index contributed by atoms with van der Waals surface area (Å²) in [6, 6.07) is 0.208. The van der Waals surface area contributed by atoms with Gasteiger partial charge < -0.3 is 14.8 Å². The van der Waals surface area contributed by atoms with Crippen molar-refractivity contribution in [2.45, 2.75) is 26.4 Å². The number of aromatic nitrogens is 2. The van der Waals surface area contributed by atoms with E-state index in [9.17, 15) is 4.79 Å². The van der Waals surface area contributed by atoms with Crippen molar-refractivity contribution >= 4 is 5.97 Å². The van der Waals surface area contributed by atoms with Crippen LogP contribution < -0.4 is 5.32 Å². The van der Waals surface area contributed by atoms with Crippen molar-refractivity contribution in [3.05, 3.63) is 17.5 Å². The Kier molecular flexibility index (Phi) is 5.80. The van der Waals surface area contributed by atoms with Crippen molar-refractivity contribution in [3.63, 3.8) is 0 Å². The van der Waals surface area contributed by atoms with Crippen LogP contribution in [0.4, 0.5) is 0 Å². The molecule has 1 aromatic rings. The predicted molar refractivity (Wildman–Crippen MR) is 67.3 cm³/mol. The number of carbonyl (C=O) groups excluding carboxylic acids is 1. The van der Waals surface area contributed by atoms with Crippen molar-refractivity contribution in [1.29, 1.82) is 0 Å². The van der Waals surface area contributed by atoms with Crippen LogP contribution >= 0.6 is 0 Å². The van der Waals surface area contributed by atoms with Crippen molar-refractivity contribution < 1.29 is 14.3 Å². The highest BCUT2D eigenvalue weighted by atomic mass is 16.5. The third-order valence-corrected chi connectivity index (χ3v) is 2.59. The molecule has 1 rings (SSSR count). The van der Waals surface area contributed by atoms with Gasteiger partial charge in [0.2, 0.25) is 0 Å². The zero-order valence-electron chi connectivity index (χ0n) is 11.4. The molecule has 102 valence electrons. The van der Waals surface area contributed by atoms with E-state index in [4.69, 9.17) is 9.47 Å². The molecule has 0 aliphatic carbocycles. The smallest absolute Gasteiger partial charge is 0.341 e. The van der Waals surface area contributed by atoms with Gasteiger partial charge in [0.1, 0.15) is 5.56 Å². The van der Waals surface area contributed by atoms with Crippen molar-refractivity contribution in [1.82, 2.24) is 15.1 Å². The first-order valence-electron chi connectivity index (χ1n) is 6.00. The number of rotatable bonds is 7. The Hall–Kier alpha value is -1.40. The molecule has 0 fully saturated rings. The number of nitrogens with one attached hydrogen (secondary N) is 1. The van der Waals surface area contributed by atoms with Gasteiger partial charge in [0.05, 0.1) is 25.1 Å². The standard InChI is InChI=1S/C12H21N3O3/c1-5-18-12(16)10-6-14-15(3)11(10)7-13-9(2)8-17-4/h6,9,13H,5,7-8H2,1-4H3. The summed E-state index contributed by atoms with van der Waals surface area (Å²) in [5.41, 5.74) is 1.33. The Morgan fingerprint density at radius 1 is 1.61 bits per heavy atom. The second kappa shape index (κ2) is 7.13. The number of ether oxygens (including phenoxy) is 2. The van der Waals surface area contributed by atoms with Crippen LogP contribution in [-0.2, 0) is 23.1 Å². The summed E-state index contributed by atoms with van der Waals surface area (Å²) in [4.78, 5) is 11.7. The van der Waals surface area contributed by atoms with E-state index in [-0.39, 0.29) is 12.0 Å². The average Bonchev–Trinajstić information content (AvgIpc) is 2.69. The molecule has 1 heterocycles. The molecule has 0 saturated carbocycles. The number of nitrogens with zero attached hydrogens (tertiary/aromatic N) is 2. The second-order valence-electron chi connectivity index (χ2n) is 4.09. The number of hydrogen-bond donors (Lipinski definition) is 1. The van der Waals surface area contributed by atoms with Crippen LogP contribution in [0.15, 0.2) is 6.20 Å². The minimum Gasteiger partial charge on any atom is -0.462 e. The highest BCUT2D eigenvalue weighted by Gasteiger charge is 2.17. The van der Waals surface area contributed by atoms with Gasteiger partial charge in [0, 0.05) is 26.7 Å². The number of aryl methyl sites for hydroxylation is 1. The normalized spacial score (nSPS) is 12.4. The summed E-state index contributed by atoms with van der Waals surface area (Å²) in [6.07, 6.45) is 1.54. The molecule has 0 radical (unpaired) electrons. The highest BCUT2D eigenvalue weighted by Crippen LogP contribution is 2.09. The summed E-state index contributed by atoms with van der Waals surface area (Å²) in [5, 5.41) is 7.36. The minimum atomic E-state index is -0.332. The van der Waals surface area contributed by atoms with Crippen molar-refractivity contribution in [2.75, 3.05) is 20.3 Å². The third-order valence-electron chi connectivity index (χ3n) is 2.59. The molecule has 1 aromatic heterocycles. The van der Waals surface area contributed by atoms with Crippen LogP contribution in [0.25, 0.3) is 0 Å². The lowest BCUT2D eigenvalue weighted by atomic mass is 10.2. The zero-order valence-corrected chi connectivity index (χ0v) is 11.4. The number of methoxy groups -OCH3 is 1. The van der Waals surface area contributed by atoms with E-state index in [0.29, 0.717) is 25.3 Å². The average molecular weight is 255 g/mol.